The predicted molar refractivity (Wildman–Crippen MR) is 148 cm³/mol. The second kappa shape index (κ2) is 9.31. The van der Waals surface area contributed by atoms with Crippen molar-refractivity contribution in [1.82, 2.24) is 4.98 Å². The largest absolute Gasteiger partial charge is 0.507 e. The Hall–Kier alpha value is -3.59. The molecule has 0 aliphatic carbocycles. The van der Waals surface area contributed by atoms with E-state index >= 15 is 0 Å². The number of carbonyl (C=O) groups is 2. The third-order valence-electron chi connectivity index (χ3n) is 6.66. The molecule has 0 radical (unpaired) electrons. The summed E-state index contributed by atoms with van der Waals surface area (Å²) in [6.45, 7) is 1.96. The lowest BCUT2D eigenvalue weighted by atomic mass is 9.94. The van der Waals surface area contributed by atoms with Gasteiger partial charge >= 0.3 is 5.91 Å². The molecule has 0 saturated carbocycles. The van der Waals surface area contributed by atoms with E-state index in [1.165, 1.54) is 16.2 Å². The number of ketones is 1. The van der Waals surface area contributed by atoms with Crippen LogP contribution in [0.3, 0.4) is 0 Å². The highest BCUT2D eigenvalue weighted by molar-refractivity contribution is 7.22. The van der Waals surface area contributed by atoms with Crippen LogP contribution in [0.15, 0.2) is 60.2 Å². The SMILES string of the molecule is COc1ccc2nc(N3C(=O)C(=O)/C(=C(/O)c4ccc5c(c4)C[C@H](C)O5)[C@@H]3c3ccc(Cl)c(Cl)c3)sc2c1. The van der Waals surface area contributed by atoms with Crippen molar-refractivity contribution in [3.05, 3.63) is 86.9 Å². The fourth-order valence-corrected chi connectivity index (χ4v) is 6.20. The van der Waals surface area contributed by atoms with Gasteiger partial charge in [0.2, 0.25) is 0 Å². The number of amides is 1. The van der Waals surface area contributed by atoms with Crippen molar-refractivity contribution in [1.29, 1.82) is 0 Å². The van der Waals surface area contributed by atoms with Gasteiger partial charge in [-0.1, -0.05) is 40.6 Å². The molecule has 1 amide bonds. The maximum atomic E-state index is 13.5. The number of halogens is 2. The van der Waals surface area contributed by atoms with Crippen LogP contribution < -0.4 is 14.4 Å². The van der Waals surface area contributed by atoms with Gasteiger partial charge in [-0.05, 0) is 66.6 Å². The molecule has 38 heavy (non-hydrogen) atoms. The molecule has 10 heteroatoms. The van der Waals surface area contributed by atoms with Gasteiger partial charge in [-0.2, -0.15) is 0 Å². The Bertz CT molecular complexity index is 1680. The summed E-state index contributed by atoms with van der Waals surface area (Å²) in [6, 6.07) is 14.5. The zero-order valence-electron chi connectivity index (χ0n) is 20.2. The molecule has 1 fully saturated rings. The van der Waals surface area contributed by atoms with Crippen LogP contribution in [0.1, 0.15) is 29.7 Å². The lowest BCUT2D eigenvalue weighted by Crippen LogP contribution is -2.29. The van der Waals surface area contributed by atoms with Gasteiger partial charge in [-0.25, -0.2) is 4.98 Å². The van der Waals surface area contributed by atoms with Crippen LogP contribution >= 0.6 is 34.5 Å². The number of rotatable bonds is 4. The maximum Gasteiger partial charge on any atom is 0.301 e. The molecule has 0 spiro atoms. The van der Waals surface area contributed by atoms with E-state index in [0.717, 1.165) is 16.0 Å². The van der Waals surface area contributed by atoms with Gasteiger partial charge in [-0.15, -0.1) is 0 Å². The van der Waals surface area contributed by atoms with Crippen molar-refractivity contribution in [3.8, 4) is 11.5 Å². The summed E-state index contributed by atoms with van der Waals surface area (Å²) < 4.78 is 11.9. The molecule has 3 aromatic carbocycles. The van der Waals surface area contributed by atoms with Crippen LogP contribution in [0, 0.1) is 0 Å². The Morgan fingerprint density at radius 2 is 1.92 bits per heavy atom. The number of aliphatic hydroxyl groups excluding tert-OH is 1. The van der Waals surface area contributed by atoms with E-state index in [1.54, 1.807) is 55.6 Å². The molecule has 1 N–H and O–H groups in total. The molecule has 1 aromatic heterocycles. The lowest BCUT2D eigenvalue weighted by molar-refractivity contribution is -0.132. The fraction of sp³-hybridized carbons (Fsp3) is 0.179. The van der Waals surface area contributed by atoms with Crippen LogP contribution in [-0.2, 0) is 16.0 Å². The summed E-state index contributed by atoms with van der Waals surface area (Å²) >= 11 is 13.7. The van der Waals surface area contributed by atoms with Gasteiger partial charge < -0.3 is 14.6 Å². The summed E-state index contributed by atoms with van der Waals surface area (Å²) in [6.07, 6.45) is 0.692. The molecule has 0 unspecified atom stereocenters. The second-order valence-corrected chi connectivity index (χ2v) is 11.0. The number of hydrogen-bond acceptors (Lipinski definition) is 7. The summed E-state index contributed by atoms with van der Waals surface area (Å²) in [5.74, 6) is -0.523. The van der Waals surface area contributed by atoms with E-state index in [1.807, 2.05) is 13.0 Å². The number of carbonyl (C=O) groups excluding carboxylic acids is 2. The number of hydrogen-bond donors (Lipinski definition) is 1. The van der Waals surface area contributed by atoms with Crippen LogP contribution in [0.5, 0.6) is 11.5 Å². The number of benzene rings is 3. The molecule has 2 aliphatic heterocycles. The second-order valence-electron chi connectivity index (χ2n) is 9.13. The Kier molecular flexibility index (Phi) is 6.06. The van der Waals surface area contributed by atoms with Gasteiger partial charge in [-0.3, -0.25) is 14.5 Å². The molecule has 1 saturated heterocycles. The third-order valence-corrected chi connectivity index (χ3v) is 8.42. The number of anilines is 1. The zero-order chi connectivity index (χ0) is 26.7. The standard InChI is InChI=1S/C28H20Cl2N2O5S/c1-13-9-16-10-15(4-8-21(16)37-13)25(33)23-24(14-3-6-18(29)19(30)11-14)32(27(35)26(23)34)28-31-20-7-5-17(36-2)12-22(20)38-28/h3-8,10-13,24,33H,9H2,1-2H3/b25-23+/t13-,24-/m0/s1. The first-order chi connectivity index (χ1) is 18.2. The number of thiazole rings is 1. The number of aromatic nitrogens is 1. The number of nitrogens with zero attached hydrogens (tertiary/aromatic N) is 2. The summed E-state index contributed by atoms with van der Waals surface area (Å²) in [5, 5.41) is 12.4. The average Bonchev–Trinajstić information content (AvgIpc) is 3.57. The van der Waals surface area contributed by atoms with E-state index < -0.39 is 17.7 Å². The summed E-state index contributed by atoms with van der Waals surface area (Å²) in [4.78, 5) is 33.0. The quantitative estimate of drug-likeness (QED) is 0.171. The number of aliphatic hydroxyl groups is 1. The first-order valence-electron chi connectivity index (χ1n) is 11.8. The Morgan fingerprint density at radius 1 is 1.11 bits per heavy atom. The smallest absolute Gasteiger partial charge is 0.301 e. The molecule has 2 atom stereocenters. The molecule has 7 nitrogen and oxygen atoms in total. The monoisotopic (exact) mass is 566 g/mol. The van der Waals surface area contributed by atoms with Crippen LogP contribution in [0.25, 0.3) is 16.0 Å². The van der Waals surface area contributed by atoms with E-state index in [0.29, 0.717) is 39.0 Å². The molecule has 192 valence electrons. The van der Waals surface area contributed by atoms with Crippen LogP contribution in [0.2, 0.25) is 10.0 Å². The number of fused-ring (bicyclic) bond motifs is 2. The minimum absolute atomic E-state index is 0.0156. The molecule has 6 rings (SSSR count). The molecule has 2 aliphatic rings. The number of ether oxygens (including phenoxy) is 2. The van der Waals surface area contributed by atoms with Crippen molar-refractivity contribution in [3.63, 3.8) is 0 Å². The van der Waals surface area contributed by atoms with Crippen molar-refractivity contribution < 1.29 is 24.2 Å². The highest BCUT2D eigenvalue weighted by atomic mass is 35.5. The topological polar surface area (TPSA) is 89.0 Å². The number of methoxy groups -OCH3 is 1. The van der Waals surface area contributed by atoms with Crippen molar-refractivity contribution in [2.24, 2.45) is 0 Å². The van der Waals surface area contributed by atoms with E-state index in [4.69, 9.17) is 32.7 Å². The highest BCUT2D eigenvalue weighted by Gasteiger charge is 2.48. The molecule has 0 bridgehead atoms. The maximum absolute atomic E-state index is 13.5. The first kappa shape index (κ1) is 24.7. The van der Waals surface area contributed by atoms with Crippen molar-refractivity contribution in [2.45, 2.75) is 25.5 Å². The van der Waals surface area contributed by atoms with Gasteiger partial charge in [0, 0.05) is 12.0 Å². The first-order valence-corrected chi connectivity index (χ1v) is 13.3. The average molecular weight is 567 g/mol. The van der Waals surface area contributed by atoms with Crippen LogP contribution in [-0.4, -0.2) is 35.0 Å². The fourth-order valence-electron chi connectivity index (χ4n) is 4.88. The van der Waals surface area contributed by atoms with E-state index in [-0.39, 0.29) is 22.5 Å². The Morgan fingerprint density at radius 3 is 2.68 bits per heavy atom. The van der Waals surface area contributed by atoms with Crippen molar-refractivity contribution in [2.75, 3.05) is 12.0 Å². The highest BCUT2D eigenvalue weighted by Crippen LogP contribution is 2.46. The zero-order valence-corrected chi connectivity index (χ0v) is 22.5. The lowest BCUT2D eigenvalue weighted by Gasteiger charge is -2.23. The summed E-state index contributed by atoms with van der Waals surface area (Å²) in [5.41, 5.74) is 2.43. The Labute approximate surface area is 231 Å². The van der Waals surface area contributed by atoms with Gasteiger partial charge in [0.05, 0.1) is 39.0 Å². The van der Waals surface area contributed by atoms with Gasteiger partial charge in [0.1, 0.15) is 23.4 Å². The van der Waals surface area contributed by atoms with Gasteiger partial charge in [0.15, 0.2) is 5.13 Å². The van der Waals surface area contributed by atoms with E-state index in [2.05, 4.69) is 4.98 Å². The van der Waals surface area contributed by atoms with Gasteiger partial charge in [0.25, 0.3) is 5.78 Å². The minimum Gasteiger partial charge on any atom is -0.507 e. The van der Waals surface area contributed by atoms with Crippen molar-refractivity contribution >= 4 is 67.3 Å². The van der Waals surface area contributed by atoms with E-state index in [9.17, 15) is 14.7 Å². The Balaban J connectivity index is 1.54. The predicted octanol–water partition coefficient (Wildman–Crippen LogP) is 6.56. The minimum atomic E-state index is -0.976. The molecular weight excluding hydrogens is 547 g/mol. The number of Topliss-reactive ketones (excluding diaryl/α,β-unsaturated/α-hetero) is 1. The third kappa shape index (κ3) is 4.00. The normalized spacial score (nSPS) is 20.2. The molecule has 3 heterocycles. The molecular formula is C28H20Cl2N2O5S. The summed E-state index contributed by atoms with van der Waals surface area (Å²) in [7, 11) is 1.57. The molecule has 4 aromatic rings. The van der Waals surface area contributed by atoms with Crippen LogP contribution in [0.4, 0.5) is 5.13 Å².